The largest absolute Gasteiger partial charge is 0.489 e. The van der Waals surface area contributed by atoms with Gasteiger partial charge in [-0.05, 0) is 52.9 Å². The molecule has 0 saturated carbocycles. The Morgan fingerprint density at radius 1 is 1.00 bits per heavy atom. The zero-order chi connectivity index (χ0) is 19.1. The van der Waals surface area contributed by atoms with Crippen molar-refractivity contribution in [2.24, 2.45) is 0 Å². The highest BCUT2D eigenvalue weighted by atomic mass is 16.5. The van der Waals surface area contributed by atoms with Crippen LogP contribution in [0.1, 0.15) is 46.8 Å². The summed E-state index contributed by atoms with van der Waals surface area (Å²) in [5, 5.41) is 2.89. The highest BCUT2D eigenvalue weighted by Gasteiger charge is 2.06. The minimum atomic E-state index is -0.116. The van der Waals surface area contributed by atoms with E-state index < -0.39 is 0 Å². The standard InChI is InChI=1S/C23H24N2O2/c1-17(2)20-7-5-18(6-8-20)16-27-22-11-9-21(10-12-22)23(26)25-15-19-4-3-13-24-14-19/h3-14,17H,15-16H2,1-2H3,(H,25,26). The van der Waals surface area contributed by atoms with Crippen molar-refractivity contribution in [3.8, 4) is 5.75 Å². The maximum Gasteiger partial charge on any atom is 0.251 e. The van der Waals surface area contributed by atoms with Gasteiger partial charge in [0.2, 0.25) is 0 Å². The average Bonchev–Trinajstić information content (AvgIpc) is 2.72. The molecular weight excluding hydrogens is 336 g/mol. The third-order valence-corrected chi connectivity index (χ3v) is 4.34. The summed E-state index contributed by atoms with van der Waals surface area (Å²) in [6.07, 6.45) is 3.45. The van der Waals surface area contributed by atoms with Crippen LogP contribution in [0.25, 0.3) is 0 Å². The summed E-state index contributed by atoms with van der Waals surface area (Å²) < 4.78 is 5.82. The highest BCUT2D eigenvalue weighted by Crippen LogP contribution is 2.17. The quantitative estimate of drug-likeness (QED) is 0.664. The molecule has 1 amide bonds. The van der Waals surface area contributed by atoms with Gasteiger partial charge in [-0.1, -0.05) is 44.2 Å². The topological polar surface area (TPSA) is 51.2 Å². The fourth-order valence-corrected chi connectivity index (χ4v) is 2.66. The molecule has 0 atom stereocenters. The van der Waals surface area contributed by atoms with Gasteiger partial charge in [0.25, 0.3) is 5.91 Å². The first-order chi connectivity index (χ1) is 13.1. The van der Waals surface area contributed by atoms with Crippen molar-refractivity contribution in [1.82, 2.24) is 10.3 Å². The van der Waals surface area contributed by atoms with Gasteiger partial charge >= 0.3 is 0 Å². The lowest BCUT2D eigenvalue weighted by molar-refractivity contribution is 0.0951. The molecule has 0 aliphatic rings. The van der Waals surface area contributed by atoms with E-state index in [9.17, 15) is 4.79 Å². The van der Waals surface area contributed by atoms with Crippen LogP contribution in [0, 0.1) is 0 Å². The number of aromatic nitrogens is 1. The fraction of sp³-hybridized carbons (Fsp3) is 0.217. The Balaban J connectivity index is 1.51. The molecule has 1 N–H and O–H groups in total. The number of amides is 1. The number of hydrogen-bond acceptors (Lipinski definition) is 3. The van der Waals surface area contributed by atoms with Crippen molar-refractivity contribution in [2.45, 2.75) is 32.9 Å². The lowest BCUT2D eigenvalue weighted by Gasteiger charge is -2.10. The van der Waals surface area contributed by atoms with E-state index in [-0.39, 0.29) is 5.91 Å². The minimum Gasteiger partial charge on any atom is -0.489 e. The number of ether oxygens (including phenoxy) is 1. The molecule has 4 heteroatoms. The van der Waals surface area contributed by atoms with Crippen LogP contribution in [0.4, 0.5) is 0 Å². The van der Waals surface area contributed by atoms with Crippen molar-refractivity contribution in [1.29, 1.82) is 0 Å². The van der Waals surface area contributed by atoms with Crippen LogP contribution in [0.5, 0.6) is 5.75 Å². The fourth-order valence-electron chi connectivity index (χ4n) is 2.66. The smallest absolute Gasteiger partial charge is 0.251 e. The molecule has 1 aromatic heterocycles. The zero-order valence-electron chi connectivity index (χ0n) is 15.7. The number of benzene rings is 2. The summed E-state index contributed by atoms with van der Waals surface area (Å²) in [4.78, 5) is 16.3. The first kappa shape index (κ1) is 18.6. The van der Waals surface area contributed by atoms with Gasteiger partial charge in [-0.15, -0.1) is 0 Å². The summed E-state index contributed by atoms with van der Waals surface area (Å²) in [7, 11) is 0. The van der Waals surface area contributed by atoms with E-state index >= 15 is 0 Å². The van der Waals surface area contributed by atoms with E-state index in [0.29, 0.717) is 24.6 Å². The molecule has 2 aromatic carbocycles. The van der Waals surface area contributed by atoms with Gasteiger partial charge in [0.05, 0.1) is 0 Å². The summed E-state index contributed by atoms with van der Waals surface area (Å²) in [6, 6.07) is 19.4. The number of pyridine rings is 1. The molecule has 0 aliphatic heterocycles. The van der Waals surface area contributed by atoms with Crippen LogP contribution in [-0.2, 0) is 13.2 Å². The molecule has 4 nitrogen and oxygen atoms in total. The molecular formula is C23H24N2O2. The zero-order valence-corrected chi connectivity index (χ0v) is 15.7. The summed E-state index contributed by atoms with van der Waals surface area (Å²) in [5.74, 6) is 1.15. The highest BCUT2D eigenvalue weighted by molar-refractivity contribution is 5.94. The summed E-state index contributed by atoms with van der Waals surface area (Å²) in [5.41, 5.74) is 4.01. The molecule has 0 aliphatic carbocycles. The second kappa shape index (κ2) is 8.99. The number of hydrogen-bond donors (Lipinski definition) is 1. The lowest BCUT2D eigenvalue weighted by atomic mass is 10.0. The predicted octanol–water partition coefficient (Wildman–Crippen LogP) is 4.71. The second-order valence-electron chi connectivity index (χ2n) is 6.75. The maximum atomic E-state index is 12.2. The van der Waals surface area contributed by atoms with Crippen LogP contribution in [0.2, 0.25) is 0 Å². The molecule has 0 saturated heterocycles. The summed E-state index contributed by atoms with van der Waals surface area (Å²) >= 11 is 0. The van der Waals surface area contributed by atoms with E-state index in [1.165, 1.54) is 5.56 Å². The Hall–Kier alpha value is -3.14. The number of nitrogens with one attached hydrogen (secondary N) is 1. The van der Waals surface area contributed by atoms with E-state index in [0.717, 1.165) is 16.9 Å². The predicted molar refractivity (Wildman–Crippen MR) is 107 cm³/mol. The maximum absolute atomic E-state index is 12.2. The molecule has 3 aromatic rings. The second-order valence-corrected chi connectivity index (χ2v) is 6.75. The molecule has 3 rings (SSSR count). The van der Waals surface area contributed by atoms with Crippen LogP contribution in [0.15, 0.2) is 73.1 Å². The van der Waals surface area contributed by atoms with Gasteiger partial charge < -0.3 is 10.1 Å². The molecule has 27 heavy (non-hydrogen) atoms. The number of carbonyl (C=O) groups is 1. The van der Waals surface area contributed by atoms with Gasteiger partial charge in [-0.3, -0.25) is 9.78 Å². The van der Waals surface area contributed by atoms with Gasteiger partial charge in [-0.25, -0.2) is 0 Å². The minimum absolute atomic E-state index is 0.116. The Morgan fingerprint density at radius 3 is 2.37 bits per heavy atom. The van der Waals surface area contributed by atoms with Crippen LogP contribution in [0.3, 0.4) is 0 Å². The molecule has 138 valence electrons. The van der Waals surface area contributed by atoms with E-state index in [1.807, 2.05) is 24.3 Å². The van der Waals surface area contributed by atoms with Crippen molar-refractivity contribution in [3.63, 3.8) is 0 Å². The van der Waals surface area contributed by atoms with E-state index in [1.54, 1.807) is 24.5 Å². The van der Waals surface area contributed by atoms with Crippen LogP contribution in [-0.4, -0.2) is 10.9 Å². The van der Waals surface area contributed by atoms with Crippen molar-refractivity contribution in [2.75, 3.05) is 0 Å². The van der Waals surface area contributed by atoms with Gasteiger partial charge in [0, 0.05) is 24.5 Å². The number of nitrogens with zero attached hydrogens (tertiary/aromatic N) is 1. The lowest BCUT2D eigenvalue weighted by Crippen LogP contribution is -2.22. The van der Waals surface area contributed by atoms with Crippen molar-refractivity contribution in [3.05, 3.63) is 95.3 Å². The Morgan fingerprint density at radius 2 is 1.74 bits per heavy atom. The monoisotopic (exact) mass is 360 g/mol. The van der Waals surface area contributed by atoms with Gasteiger partial charge in [0.15, 0.2) is 0 Å². The third-order valence-electron chi connectivity index (χ3n) is 4.34. The molecule has 0 spiro atoms. The third kappa shape index (κ3) is 5.42. The Kier molecular flexibility index (Phi) is 6.21. The SMILES string of the molecule is CC(C)c1ccc(COc2ccc(C(=O)NCc3cccnc3)cc2)cc1. The van der Waals surface area contributed by atoms with E-state index in [4.69, 9.17) is 4.74 Å². The summed E-state index contributed by atoms with van der Waals surface area (Å²) in [6.45, 7) is 5.32. The number of rotatable bonds is 7. The molecule has 0 radical (unpaired) electrons. The Bertz CT molecular complexity index is 857. The van der Waals surface area contributed by atoms with Crippen LogP contribution < -0.4 is 10.1 Å². The first-order valence-corrected chi connectivity index (χ1v) is 9.10. The molecule has 0 fully saturated rings. The molecule has 0 unspecified atom stereocenters. The van der Waals surface area contributed by atoms with E-state index in [2.05, 4.69) is 48.4 Å². The van der Waals surface area contributed by atoms with Crippen molar-refractivity contribution < 1.29 is 9.53 Å². The Labute approximate surface area is 160 Å². The van der Waals surface area contributed by atoms with Crippen molar-refractivity contribution >= 4 is 5.91 Å². The van der Waals surface area contributed by atoms with Gasteiger partial charge in [0.1, 0.15) is 12.4 Å². The average molecular weight is 360 g/mol. The molecule has 1 heterocycles. The van der Waals surface area contributed by atoms with Crippen LogP contribution >= 0.6 is 0 Å². The normalized spacial score (nSPS) is 10.6. The number of carbonyl (C=O) groups excluding carboxylic acids is 1. The van der Waals surface area contributed by atoms with Gasteiger partial charge in [-0.2, -0.15) is 0 Å². The molecule has 0 bridgehead atoms. The first-order valence-electron chi connectivity index (χ1n) is 9.10.